The highest BCUT2D eigenvalue weighted by Gasteiger charge is 2.30. The van der Waals surface area contributed by atoms with Gasteiger partial charge in [0.1, 0.15) is 11.9 Å². The van der Waals surface area contributed by atoms with Crippen LogP contribution in [0.5, 0.6) is 0 Å². The molecule has 0 fully saturated rings. The molecule has 172 valence electrons. The average Bonchev–Trinajstić information content (AvgIpc) is 3.23. The maximum absolute atomic E-state index is 13.1. The van der Waals surface area contributed by atoms with Gasteiger partial charge in [-0.25, -0.2) is 9.97 Å². The SMILES string of the molecule is Cc1nc(N)ccc1CNC(=O)C1CCc2cnc(NCc3cccc(S(C)=O)c3)c(=O)n21. The van der Waals surface area contributed by atoms with Crippen LogP contribution < -0.4 is 21.9 Å². The van der Waals surface area contributed by atoms with E-state index < -0.39 is 16.8 Å². The lowest BCUT2D eigenvalue weighted by molar-refractivity contribution is -0.124. The Balaban J connectivity index is 1.48. The molecule has 0 bridgehead atoms. The smallest absolute Gasteiger partial charge is 0.294 e. The van der Waals surface area contributed by atoms with E-state index in [1.165, 1.54) is 4.57 Å². The zero-order valence-electron chi connectivity index (χ0n) is 18.5. The van der Waals surface area contributed by atoms with Crippen molar-refractivity contribution in [1.82, 2.24) is 19.9 Å². The maximum Gasteiger partial charge on any atom is 0.294 e. The number of aryl methyl sites for hydroxylation is 2. The van der Waals surface area contributed by atoms with Crippen LogP contribution in [0.15, 0.2) is 52.3 Å². The van der Waals surface area contributed by atoms with E-state index in [0.29, 0.717) is 31.7 Å². The van der Waals surface area contributed by atoms with E-state index in [1.807, 2.05) is 31.2 Å². The molecule has 2 atom stereocenters. The second kappa shape index (κ2) is 9.53. The highest BCUT2D eigenvalue weighted by atomic mass is 32.2. The van der Waals surface area contributed by atoms with Gasteiger partial charge in [0.2, 0.25) is 5.91 Å². The van der Waals surface area contributed by atoms with Gasteiger partial charge in [-0.05, 0) is 49.1 Å². The number of hydrogen-bond donors (Lipinski definition) is 3. The Bertz CT molecular complexity index is 1290. The molecule has 9 nitrogen and oxygen atoms in total. The van der Waals surface area contributed by atoms with Gasteiger partial charge in [-0.1, -0.05) is 18.2 Å². The van der Waals surface area contributed by atoms with Crippen molar-refractivity contribution in [2.75, 3.05) is 17.3 Å². The number of benzene rings is 1. The second-order valence-corrected chi connectivity index (χ2v) is 9.36. The predicted octanol–water partition coefficient (Wildman–Crippen LogP) is 1.68. The maximum atomic E-state index is 13.1. The minimum atomic E-state index is -1.08. The highest BCUT2D eigenvalue weighted by Crippen LogP contribution is 2.24. The molecule has 4 rings (SSSR count). The van der Waals surface area contributed by atoms with Crippen LogP contribution in [0.1, 0.15) is 35.0 Å². The minimum absolute atomic E-state index is 0.181. The Hall–Kier alpha value is -3.53. The van der Waals surface area contributed by atoms with Gasteiger partial charge in [-0.3, -0.25) is 18.4 Å². The summed E-state index contributed by atoms with van der Waals surface area (Å²) >= 11 is 0. The van der Waals surface area contributed by atoms with E-state index in [2.05, 4.69) is 20.6 Å². The molecule has 3 aromatic rings. The molecule has 1 aliphatic rings. The summed E-state index contributed by atoms with van der Waals surface area (Å²) in [7, 11) is -1.08. The fourth-order valence-electron chi connectivity index (χ4n) is 3.93. The number of carbonyl (C=O) groups is 1. The summed E-state index contributed by atoms with van der Waals surface area (Å²) in [5.41, 5.74) is 8.61. The molecule has 2 unspecified atom stereocenters. The largest absolute Gasteiger partial charge is 0.384 e. The van der Waals surface area contributed by atoms with Crippen LogP contribution in [0.3, 0.4) is 0 Å². The van der Waals surface area contributed by atoms with Crippen molar-refractivity contribution in [3.8, 4) is 0 Å². The third-order valence-corrected chi connectivity index (χ3v) is 6.64. The van der Waals surface area contributed by atoms with Crippen molar-refractivity contribution in [3.63, 3.8) is 0 Å². The van der Waals surface area contributed by atoms with Crippen molar-refractivity contribution in [1.29, 1.82) is 0 Å². The Morgan fingerprint density at radius 3 is 2.85 bits per heavy atom. The Morgan fingerprint density at radius 1 is 1.27 bits per heavy atom. The first-order chi connectivity index (χ1) is 15.8. The number of aromatic nitrogens is 3. The molecule has 4 N–H and O–H groups in total. The fourth-order valence-corrected chi connectivity index (χ4v) is 4.51. The number of amides is 1. The van der Waals surface area contributed by atoms with Crippen LogP contribution in [-0.2, 0) is 35.1 Å². The number of anilines is 2. The molecule has 0 aliphatic carbocycles. The molecule has 0 spiro atoms. The summed E-state index contributed by atoms with van der Waals surface area (Å²) in [6, 6.07) is 10.3. The quantitative estimate of drug-likeness (QED) is 0.483. The number of nitrogens with two attached hydrogens (primary N) is 1. The van der Waals surface area contributed by atoms with E-state index >= 15 is 0 Å². The third kappa shape index (κ3) is 4.95. The number of fused-ring (bicyclic) bond motifs is 1. The summed E-state index contributed by atoms with van der Waals surface area (Å²) in [5, 5.41) is 5.97. The van der Waals surface area contributed by atoms with E-state index in [4.69, 9.17) is 5.73 Å². The molecule has 1 aromatic carbocycles. The van der Waals surface area contributed by atoms with Crippen LogP contribution in [0.4, 0.5) is 11.6 Å². The number of hydrogen-bond acceptors (Lipinski definition) is 7. The number of pyridine rings is 1. The predicted molar refractivity (Wildman–Crippen MR) is 127 cm³/mol. The molecule has 3 heterocycles. The Labute approximate surface area is 193 Å². The molecular weight excluding hydrogens is 440 g/mol. The van der Waals surface area contributed by atoms with Crippen LogP contribution in [0.25, 0.3) is 0 Å². The zero-order valence-corrected chi connectivity index (χ0v) is 19.3. The van der Waals surface area contributed by atoms with E-state index in [-0.39, 0.29) is 17.3 Å². The van der Waals surface area contributed by atoms with Crippen LogP contribution in [0.2, 0.25) is 0 Å². The van der Waals surface area contributed by atoms with Gasteiger partial charge >= 0.3 is 0 Å². The van der Waals surface area contributed by atoms with E-state index in [1.54, 1.807) is 24.6 Å². The molecule has 0 saturated carbocycles. The molecule has 0 radical (unpaired) electrons. The van der Waals surface area contributed by atoms with Crippen LogP contribution in [0, 0.1) is 6.92 Å². The van der Waals surface area contributed by atoms with Crippen molar-refractivity contribution in [2.45, 2.75) is 43.8 Å². The topological polar surface area (TPSA) is 132 Å². The lowest BCUT2D eigenvalue weighted by Crippen LogP contribution is -2.36. The lowest BCUT2D eigenvalue weighted by atomic mass is 10.1. The number of rotatable bonds is 7. The fraction of sp³-hybridized carbons (Fsp3) is 0.304. The number of nitrogen functional groups attached to an aromatic ring is 1. The van der Waals surface area contributed by atoms with Crippen molar-refractivity contribution < 1.29 is 9.00 Å². The average molecular weight is 467 g/mol. The van der Waals surface area contributed by atoms with Gasteiger partial charge in [0.25, 0.3) is 5.56 Å². The number of carbonyl (C=O) groups excluding carboxylic acids is 1. The Kier molecular flexibility index (Phi) is 6.55. The lowest BCUT2D eigenvalue weighted by Gasteiger charge is -2.16. The summed E-state index contributed by atoms with van der Waals surface area (Å²) in [4.78, 5) is 35.2. The summed E-state index contributed by atoms with van der Waals surface area (Å²) in [6.45, 7) is 2.50. The van der Waals surface area contributed by atoms with Gasteiger partial charge in [0.05, 0.1) is 0 Å². The minimum Gasteiger partial charge on any atom is -0.384 e. The van der Waals surface area contributed by atoms with E-state index in [0.717, 1.165) is 27.4 Å². The summed E-state index contributed by atoms with van der Waals surface area (Å²) < 4.78 is 13.2. The highest BCUT2D eigenvalue weighted by molar-refractivity contribution is 7.84. The van der Waals surface area contributed by atoms with Gasteiger partial charge in [0.15, 0.2) is 5.82 Å². The first-order valence-electron chi connectivity index (χ1n) is 10.6. The van der Waals surface area contributed by atoms with Gasteiger partial charge in [-0.2, -0.15) is 0 Å². The van der Waals surface area contributed by atoms with Gasteiger partial charge in [0, 0.05) is 52.6 Å². The molecule has 10 heteroatoms. The first kappa shape index (κ1) is 22.7. The molecule has 0 saturated heterocycles. The van der Waals surface area contributed by atoms with Crippen molar-refractivity contribution >= 4 is 28.3 Å². The van der Waals surface area contributed by atoms with Crippen molar-refractivity contribution in [2.24, 2.45) is 0 Å². The van der Waals surface area contributed by atoms with E-state index in [9.17, 15) is 13.8 Å². The third-order valence-electron chi connectivity index (χ3n) is 5.72. The van der Waals surface area contributed by atoms with Crippen molar-refractivity contribution in [3.05, 3.63) is 75.5 Å². The number of nitrogens with zero attached hydrogens (tertiary/aromatic N) is 3. The van der Waals surface area contributed by atoms with Crippen LogP contribution >= 0.6 is 0 Å². The molecule has 2 aromatic heterocycles. The molecular formula is C23H26N6O3S. The molecule has 33 heavy (non-hydrogen) atoms. The summed E-state index contributed by atoms with van der Waals surface area (Å²) in [5.74, 6) is 0.392. The first-order valence-corrected chi connectivity index (χ1v) is 12.2. The van der Waals surface area contributed by atoms with Gasteiger partial charge < -0.3 is 16.4 Å². The Morgan fingerprint density at radius 2 is 2.09 bits per heavy atom. The second-order valence-electron chi connectivity index (χ2n) is 7.98. The monoisotopic (exact) mass is 466 g/mol. The standard InChI is InChI=1S/C23H26N6O3S/c1-14-16(6-9-20(24)28-14)12-27-22(30)19-8-7-17-13-26-21(23(31)29(17)19)25-11-15-4-3-5-18(10-15)33(2)32/h3-6,9-10,13,19H,7-8,11-12H2,1-2H3,(H2,24,28)(H,25,26)(H,27,30). The normalized spacial score (nSPS) is 15.6. The van der Waals surface area contributed by atoms with Crippen LogP contribution in [-0.4, -0.2) is 30.9 Å². The zero-order chi connectivity index (χ0) is 23.5. The number of nitrogens with one attached hydrogen (secondary N) is 2. The molecule has 1 aliphatic heterocycles. The van der Waals surface area contributed by atoms with Gasteiger partial charge in [-0.15, -0.1) is 0 Å². The molecule has 1 amide bonds. The summed E-state index contributed by atoms with van der Waals surface area (Å²) in [6.07, 6.45) is 4.41.